The van der Waals surface area contributed by atoms with E-state index in [1.54, 1.807) is 0 Å². The van der Waals surface area contributed by atoms with Gasteiger partial charge < -0.3 is 10.2 Å². The zero-order valence-corrected chi connectivity index (χ0v) is 13.2. The van der Waals surface area contributed by atoms with E-state index in [1.807, 2.05) is 11.3 Å². The van der Waals surface area contributed by atoms with Crippen molar-refractivity contribution >= 4 is 27.3 Å². The molecule has 0 aliphatic heterocycles. The first-order valence-electron chi connectivity index (χ1n) is 6.14. The summed E-state index contributed by atoms with van der Waals surface area (Å²) in [4.78, 5) is 3.87. The van der Waals surface area contributed by atoms with E-state index in [0.29, 0.717) is 11.5 Å². The van der Waals surface area contributed by atoms with Crippen LogP contribution in [0.25, 0.3) is 0 Å². The molecule has 1 aliphatic rings. The average Bonchev–Trinajstić information content (AvgIpc) is 2.61. The molecule has 1 heterocycles. The maximum Gasteiger partial charge on any atom is 0.0504 e. The molecule has 17 heavy (non-hydrogen) atoms. The maximum absolute atomic E-state index is 3.57. The lowest BCUT2D eigenvalue weighted by molar-refractivity contribution is 0.0235. The Labute approximate surface area is 117 Å². The van der Waals surface area contributed by atoms with Crippen LogP contribution in [-0.4, -0.2) is 32.6 Å². The standard InChI is InChI=1S/C13H21BrN2S/c1-15-9-13(5-4-6-13)12(16(2)3)11-7-10(14)8-17-11/h7-8,12,15H,4-6,9H2,1-3H3. The predicted molar refractivity (Wildman–Crippen MR) is 78.7 cm³/mol. The zero-order chi connectivity index (χ0) is 12.5. The molecule has 1 aromatic rings. The van der Waals surface area contributed by atoms with Crippen molar-refractivity contribution in [1.29, 1.82) is 0 Å². The molecule has 1 saturated carbocycles. The minimum absolute atomic E-state index is 0.433. The number of halogens is 1. The smallest absolute Gasteiger partial charge is 0.0504 e. The number of nitrogens with zero attached hydrogens (tertiary/aromatic N) is 1. The molecule has 1 N–H and O–H groups in total. The van der Waals surface area contributed by atoms with Gasteiger partial charge in [-0.05, 0) is 56.0 Å². The molecule has 0 amide bonds. The molecular weight excluding hydrogens is 296 g/mol. The van der Waals surface area contributed by atoms with Crippen LogP contribution >= 0.6 is 27.3 Å². The summed E-state index contributed by atoms with van der Waals surface area (Å²) < 4.78 is 1.21. The first-order chi connectivity index (χ1) is 8.09. The second-order valence-corrected chi connectivity index (χ2v) is 7.14. The van der Waals surface area contributed by atoms with Gasteiger partial charge in [-0.3, -0.25) is 0 Å². The highest BCUT2D eigenvalue weighted by atomic mass is 79.9. The summed E-state index contributed by atoms with van der Waals surface area (Å²) in [5, 5.41) is 5.58. The third-order valence-corrected chi connectivity index (χ3v) is 5.58. The van der Waals surface area contributed by atoms with Crippen molar-refractivity contribution < 1.29 is 0 Å². The van der Waals surface area contributed by atoms with Crippen molar-refractivity contribution in [3.05, 3.63) is 20.8 Å². The fourth-order valence-corrected chi connectivity index (χ4v) is 4.89. The number of rotatable bonds is 5. The molecule has 1 aliphatic carbocycles. The topological polar surface area (TPSA) is 15.3 Å². The van der Waals surface area contributed by atoms with Crippen molar-refractivity contribution in [3.8, 4) is 0 Å². The Morgan fingerprint density at radius 3 is 2.59 bits per heavy atom. The van der Waals surface area contributed by atoms with E-state index in [1.165, 1.54) is 28.6 Å². The highest BCUT2D eigenvalue weighted by Crippen LogP contribution is 2.53. The van der Waals surface area contributed by atoms with Crippen molar-refractivity contribution in [1.82, 2.24) is 10.2 Å². The minimum atomic E-state index is 0.433. The summed E-state index contributed by atoms with van der Waals surface area (Å²) in [5.41, 5.74) is 0.433. The lowest BCUT2D eigenvalue weighted by Crippen LogP contribution is -2.48. The quantitative estimate of drug-likeness (QED) is 0.894. The highest BCUT2D eigenvalue weighted by Gasteiger charge is 2.45. The fraction of sp³-hybridized carbons (Fsp3) is 0.692. The van der Waals surface area contributed by atoms with Crippen LogP contribution in [0.4, 0.5) is 0 Å². The molecule has 1 atom stereocenters. The van der Waals surface area contributed by atoms with E-state index in [9.17, 15) is 0 Å². The number of thiophene rings is 1. The van der Waals surface area contributed by atoms with Gasteiger partial charge in [0.25, 0.3) is 0 Å². The SMILES string of the molecule is CNCC1(C(c2cc(Br)cs2)N(C)C)CCC1. The molecule has 0 spiro atoms. The van der Waals surface area contributed by atoms with Gasteiger partial charge in [0.2, 0.25) is 0 Å². The van der Waals surface area contributed by atoms with Gasteiger partial charge in [-0.2, -0.15) is 0 Å². The molecule has 0 radical (unpaired) electrons. The van der Waals surface area contributed by atoms with Gasteiger partial charge >= 0.3 is 0 Å². The van der Waals surface area contributed by atoms with E-state index in [-0.39, 0.29) is 0 Å². The minimum Gasteiger partial charge on any atom is -0.319 e. The highest BCUT2D eigenvalue weighted by molar-refractivity contribution is 9.10. The number of hydrogen-bond donors (Lipinski definition) is 1. The van der Waals surface area contributed by atoms with Crippen LogP contribution in [0.15, 0.2) is 15.9 Å². The van der Waals surface area contributed by atoms with E-state index in [2.05, 4.69) is 58.7 Å². The van der Waals surface area contributed by atoms with Gasteiger partial charge in [-0.15, -0.1) is 11.3 Å². The largest absolute Gasteiger partial charge is 0.319 e. The van der Waals surface area contributed by atoms with Crippen LogP contribution in [0.5, 0.6) is 0 Å². The van der Waals surface area contributed by atoms with Gasteiger partial charge in [-0.1, -0.05) is 6.42 Å². The van der Waals surface area contributed by atoms with E-state index >= 15 is 0 Å². The predicted octanol–water partition coefficient (Wildman–Crippen LogP) is 3.50. The summed E-state index contributed by atoms with van der Waals surface area (Å²) in [6, 6.07) is 2.82. The second-order valence-electron chi connectivity index (χ2n) is 5.28. The van der Waals surface area contributed by atoms with Crippen LogP contribution in [0.2, 0.25) is 0 Å². The molecule has 4 heteroatoms. The number of hydrogen-bond acceptors (Lipinski definition) is 3. The molecule has 0 aromatic carbocycles. The summed E-state index contributed by atoms with van der Waals surface area (Å²) in [6.45, 7) is 1.12. The second kappa shape index (κ2) is 5.39. The molecule has 96 valence electrons. The Bertz CT molecular complexity index is 371. The monoisotopic (exact) mass is 316 g/mol. The van der Waals surface area contributed by atoms with Crippen LogP contribution < -0.4 is 5.32 Å². The normalized spacial score (nSPS) is 20.3. The Hall–Kier alpha value is 0.1000. The van der Waals surface area contributed by atoms with Crippen LogP contribution in [-0.2, 0) is 0 Å². The molecule has 1 unspecified atom stereocenters. The Morgan fingerprint density at radius 1 is 1.53 bits per heavy atom. The summed E-state index contributed by atoms with van der Waals surface area (Å²) in [6.07, 6.45) is 4.05. The van der Waals surface area contributed by atoms with Gasteiger partial charge in [0.05, 0.1) is 6.04 Å². The maximum atomic E-state index is 3.57. The van der Waals surface area contributed by atoms with Gasteiger partial charge in [0.15, 0.2) is 0 Å². The van der Waals surface area contributed by atoms with Crippen LogP contribution in [0.1, 0.15) is 30.2 Å². The first kappa shape index (κ1) is 13.5. The zero-order valence-electron chi connectivity index (χ0n) is 10.8. The summed E-state index contributed by atoms with van der Waals surface area (Å²) in [5.74, 6) is 0. The van der Waals surface area contributed by atoms with Gasteiger partial charge in [0.1, 0.15) is 0 Å². The van der Waals surface area contributed by atoms with Crippen LogP contribution in [0.3, 0.4) is 0 Å². The summed E-state index contributed by atoms with van der Waals surface area (Å²) in [7, 11) is 6.47. The molecule has 1 aromatic heterocycles. The molecule has 2 rings (SSSR count). The Balaban J connectivity index is 2.28. The lowest BCUT2D eigenvalue weighted by Gasteiger charge is -2.50. The van der Waals surface area contributed by atoms with Crippen molar-refractivity contribution in [2.75, 3.05) is 27.7 Å². The van der Waals surface area contributed by atoms with Gasteiger partial charge in [0, 0.05) is 26.7 Å². The van der Waals surface area contributed by atoms with E-state index in [0.717, 1.165) is 6.54 Å². The summed E-state index contributed by atoms with van der Waals surface area (Å²) >= 11 is 5.44. The van der Waals surface area contributed by atoms with Crippen molar-refractivity contribution in [2.45, 2.75) is 25.3 Å². The Kier molecular flexibility index (Phi) is 4.29. The third kappa shape index (κ3) is 2.60. The number of nitrogens with one attached hydrogen (secondary N) is 1. The lowest BCUT2D eigenvalue weighted by atomic mass is 9.63. The van der Waals surface area contributed by atoms with E-state index in [4.69, 9.17) is 0 Å². The van der Waals surface area contributed by atoms with Crippen molar-refractivity contribution in [3.63, 3.8) is 0 Å². The molecule has 0 bridgehead atoms. The molecular formula is C13H21BrN2S. The molecule has 2 nitrogen and oxygen atoms in total. The van der Waals surface area contributed by atoms with Crippen molar-refractivity contribution in [2.24, 2.45) is 5.41 Å². The van der Waals surface area contributed by atoms with E-state index < -0.39 is 0 Å². The average molecular weight is 317 g/mol. The third-order valence-electron chi connectivity index (χ3n) is 3.83. The first-order valence-corrected chi connectivity index (χ1v) is 7.81. The fourth-order valence-electron chi connectivity index (χ4n) is 3.11. The van der Waals surface area contributed by atoms with Crippen LogP contribution in [0, 0.1) is 5.41 Å². The van der Waals surface area contributed by atoms with Gasteiger partial charge in [-0.25, -0.2) is 0 Å². The molecule has 0 saturated heterocycles. The molecule has 1 fully saturated rings. The Morgan fingerprint density at radius 2 is 2.24 bits per heavy atom.